The fourth-order valence-corrected chi connectivity index (χ4v) is 2.01. The molecule has 1 atom stereocenters. The van der Waals surface area contributed by atoms with E-state index >= 15 is 0 Å². The third-order valence-corrected chi connectivity index (χ3v) is 3.18. The molecule has 6 heteroatoms. The fraction of sp³-hybridized carbons (Fsp3) is 0.250. The van der Waals surface area contributed by atoms with Crippen molar-refractivity contribution >= 4 is 17.5 Å². The molecule has 0 radical (unpaired) electrons. The number of pyridine rings is 1. The van der Waals surface area contributed by atoms with Gasteiger partial charge in [-0.1, -0.05) is 11.6 Å². The van der Waals surface area contributed by atoms with Crippen molar-refractivity contribution in [2.45, 2.75) is 20.0 Å². The van der Waals surface area contributed by atoms with Crippen LogP contribution in [0.1, 0.15) is 12.5 Å². The highest BCUT2D eigenvalue weighted by atomic mass is 35.5. The molecule has 1 aromatic carbocycles. The Kier molecular flexibility index (Phi) is 5.22. The van der Waals surface area contributed by atoms with Crippen LogP contribution in [0.5, 0.6) is 17.4 Å². The lowest BCUT2D eigenvalue weighted by Crippen LogP contribution is -2.33. The predicted octanol–water partition coefficient (Wildman–Crippen LogP) is 3.35. The van der Waals surface area contributed by atoms with E-state index < -0.39 is 6.10 Å². The molecule has 0 saturated carbocycles. The summed E-state index contributed by atoms with van der Waals surface area (Å²) in [7, 11) is 1.57. The van der Waals surface area contributed by atoms with Crippen LogP contribution < -0.4 is 14.8 Å². The Labute approximate surface area is 134 Å². The second-order valence-corrected chi connectivity index (χ2v) is 5.15. The summed E-state index contributed by atoms with van der Waals surface area (Å²) in [6.07, 6.45) is 1.12. The van der Waals surface area contributed by atoms with E-state index in [9.17, 15) is 4.79 Å². The topological polar surface area (TPSA) is 60.5 Å². The first kappa shape index (κ1) is 16.1. The molecule has 22 heavy (non-hydrogen) atoms. The molecule has 1 N–H and O–H groups in total. The van der Waals surface area contributed by atoms with Gasteiger partial charge in [-0.25, -0.2) is 4.98 Å². The van der Waals surface area contributed by atoms with E-state index in [1.54, 1.807) is 50.5 Å². The molecule has 2 aromatic rings. The van der Waals surface area contributed by atoms with E-state index in [-0.39, 0.29) is 5.91 Å². The Hall–Kier alpha value is -2.27. The van der Waals surface area contributed by atoms with Gasteiger partial charge in [0.1, 0.15) is 16.5 Å². The van der Waals surface area contributed by atoms with E-state index in [2.05, 4.69) is 10.3 Å². The molecule has 1 aromatic heterocycles. The van der Waals surface area contributed by atoms with E-state index in [1.165, 1.54) is 0 Å². The summed E-state index contributed by atoms with van der Waals surface area (Å²) in [5.41, 5.74) is 0.962. The largest absolute Gasteiger partial charge is 0.481 e. The SMILES string of the molecule is CNC(=O)C(C)Oc1ccc(Oc2ncc(C)cc2Cl)cc1. The van der Waals surface area contributed by atoms with Crippen molar-refractivity contribution in [1.29, 1.82) is 0 Å². The molecular weight excluding hydrogens is 304 g/mol. The van der Waals surface area contributed by atoms with Crippen molar-refractivity contribution in [1.82, 2.24) is 10.3 Å². The lowest BCUT2D eigenvalue weighted by molar-refractivity contribution is -0.126. The number of rotatable bonds is 5. The molecule has 0 spiro atoms. The van der Waals surface area contributed by atoms with Gasteiger partial charge >= 0.3 is 0 Å². The van der Waals surface area contributed by atoms with E-state index in [1.807, 2.05) is 6.92 Å². The van der Waals surface area contributed by atoms with Gasteiger partial charge in [-0.3, -0.25) is 4.79 Å². The van der Waals surface area contributed by atoms with Crippen LogP contribution in [0.15, 0.2) is 36.5 Å². The second-order valence-electron chi connectivity index (χ2n) is 4.75. The van der Waals surface area contributed by atoms with Crippen molar-refractivity contribution in [3.8, 4) is 17.4 Å². The number of hydrogen-bond donors (Lipinski definition) is 1. The Morgan fingerprint density at radius 1 is 1.27 bits per heavy atom. The summed E-state index contributed by atoms with van der Waals surface area (Å²) in [5.74, 6) is 1.32. The van der Waals surface area contributed by atoms with Crippen molar-refractivity contribution in [3.05, 3.63) is 47.1 Å². The van der Waals surface area contributed by atoms with Crippen LogP contribution in [0.3, 0.4) is 0 Å². The first-order valence-electron chi connectivity index (χ1n) is 6.78. The Morgan fingerprint density at radius 2 is 1.91 bits per heavy atom. The molecule has 2 rings (SSSR count). The highest BCUT2D eigenvalue weighted by Crippen LogP contribution is 2.28. The van der Waals surface area contributed by atoms with Gasteiger partial charge in [-0.2, -0.15) is 0 Å². The third kappa shape index (κ3) is 4.11. The average Bonchev–Trinajstić information content (AvgIpc) is 2.51. The standard InChI is InChI=1S/C16H17ClN2O3/c1-10-8-14(17)16(19-9-10)22-13-6-4-12(5-7-13)21-11(2)15(20)18-3/h4-9,11H,1-3H3,(H,18,20). The lowest BCUT2D eigenvalue weighted by atomic mass is 10.3. The maximum atomic E-state index is 11.4. The summed E-state index contributed by atoms with van der Waals surface area (Å²) in [6, 6.07) is 8.67. The lowest BCUT2D eigenvalue weighted by Gasteiger charge is -2.13. The van der Waals surface area contributed by atoms with Crippen molar-refractivity contribution in [3.63, 3.8) is 0 Å². The van der Waals surface area contributed by atoms with Crippen LogP contribution in [-0.4, -0.2) is 24.0 Å². The fourth-order valence-electron chi connectivity index (χ4n) is 1.75. The quantitative estimate of drug-likeness (QED) is 0.917. The number of aryl methyl sites for hydroxylation is 1. The monoisotopic (exact) mass is 320 g/mol. The molecule has 0 saturated heterocycles. The molecule has 0 aliphatic heterocycles. The normalized spacial score (nSPS) is 11.6. The first-order valence-corrected chi connectivity index (χ1v) is 7.15. The number of carbonyl (C=O) groups excluding carboxylic acids is 1. The van der Waals surface area contributed by atoms with E-state index in [0.29, 0.717) is 22.4 Å². The van der Waals surface area contributed by atoms with Crippen LogP contribution >= 0.6 is 11.6 Å². The van der Waals surface area contributed by atoms with Crippen LogP contribution in [-0.2, 0) is 4.79 Å². The number of ether oxygens (including phenoxy) is 2. The maximum absolute atomic E-state index is 11.4. The van der Waals surface area contributed by atoms with Gasteiger partial charge in [0.15, 0.2) is 6.10 Å². The van der Waals surface area contributed by atoms with Gasteiger partial charge in [0.2, 0.25) is 5.88 Å². The van der Waals surface area contributed by atoms with Crippen LogP contribution in [0.2, 0.25) is 5.02 Å². The van der Waals surface area contributed by atoms with Gasteiger partial charge in [0, 0.05) is 13.2 Å². The molecule has 1 amide bonds. The van der Waals surface area contributed by atoms with Gasteiger partial charge in [-0.15, -0.1) is 0 Å². The number of likely N-dealkylation sites (N-methyl/N-ethyl adjacent to an activating group) is 1. The molecular formula is C16H17ClN2O3. The molecule has 0 aliphatic rings. The summed E-state index contributed by atoms with van der Waals surface area (Å²) in [5, 5.41) is 2.98. The van der Waals surface area contributed by atoms with E-state index in [0.717, 1.165) is 5.56 Å². The van der Waals surface area contributed by atoms with Gasteiger partial charge < -0.3 is 14.8 Å². The zero-order valence-corrected chi connectivity index (χ0v) is 13.3. The summed E-state index contributed by atoms with van der Waals surface area (Å²) >= 11 is 6.07. The molecule has 0 aliphatic carbocycles. The zero-order chi connectivity index (χ0) is 16.1. The average molecular weight is 321 g/mol. The third-order valence-electron chi connectivity index (χ3n) is 2.91. The Morgan fingerprint density at radius 3 is 2.50 bits per heavy atom. The predicted molar refractivity (Wildman–Crippen MR) is 84.7 cm³/mol. The number of aromatic nitrogens is 1. The summed E-state index contributed by atoms with van der Waals surface area (Å²) < 4.78 is 11.1. The molecule has 1 unspecified atom stereocenters. The van der Waals surface area contributed by atoms with Crippen molar-refractivity contribution < 1.29 is 14.3 Å². The second kappa shape index (κ2) is 7.13. The Bertz CT molecular complexity index is 659. The molecule has 5 nitrogen and oxygen atoms in total. The Balaban J connectivity index is 2.04. The number of nitrogens with one attached hydrogen (secondary N) is 1. The van der Waals surface area contributed by atoms with Gasteiger partial charge in [0.25, 0.3) is 5.91 Å². The summed E-state index contributed by atoms with van der Waals surface area (Å²) in [6.45, 7) is 3.58. The number of benzene rings is 1. The number of carbonyl (C=O) groups is 1. The molecule has 116 valence electrons. The molecule has 0 bridgehead atoms. The number of amides is 1. The smallest absolute Gasteiger partial charge is 0.260 e. The highest BCUT2D eigenvalue weighted by molar-refractivity contribution is 6.31. The zero-order valence-electron chi connectivity index (χ0n) is 12.6. The maximum Gasteiger partial charge on any atom is 0.260 e. The van der Waals surface area contributed by atoms with Crippen LogP contribution in [0.4, 0.5) is 0 Å². The minimum atomic E-state index is -0.565. The van der Waals surface area contributed by atoms with Gasteiger partial charge in [0.05, 0.1) is 0 Å². The van der Waals surface area contributed by atoms with Gasteiger partial charge in [-0.05, 0) is 49.7 Å². The number of halogens is 1. The van der Waals surface area contributed by atoms with Crippen molar-refractivity contribution in [2.24, 2.45) is 0 Å². The first-order chi connectivity index (χ1) is 10.5. The number of hydrogen-bond acceptors (Lipinski definition) is 4. The highest BCUT2D eigenvalue weighted by Gasteiger charge is 2.12. The minimum absolute atomic E-state index is 0.184. The van der Waals surface area contributed by atoms with Crippen molar-refractivity contribution in [2.75, 3.05) is 7.05 Å². The summed E-state index contributed by atoms with van der Waals surface area (Å²) in [4.78, 5) is 15.5. The molecule has 0 fully saturated rings. The molecule has 1 heterocycles. The minimum Gasteiger partial charge on any atom is -0.481 e. The van der Waals surface area contributed by atoms with Crippen LogP contribution in [0, 0.1) is 6.92 Å². The van der Waals surface area contributed by atoms with Crippen LogP contribution in [0.25, 0.3) is 0 Å². The number of nitrogens with zero attached hydrogens (tertiary/aromatic N) is 1. The van der Waals surface area contributed by atoms with E-state index in [4.69, 9.17) is 21.1 Å².